The van der Waals surface area contributed by atoms with Crippen LogP contribution in [0, 0.1) is 6.92 Å². The number of aliphatic hydroxyl groups is 1. The molecular weight excluding hydrogens is 354 g/mol. The van der Waals surface area contributed by atoms with Crippen molar-refractivity contribution >= 4 is 23.0 Å². The lowest BCUT2D eigenvalue weighted by Crippen LogP contribution is -2.30. The van der Waals surface area contributed by atoms with Crippen LogP contribution in [0.5, 0.6) is 0 Å². The molecule has 0 bridgehead atoms. The molecular formula is C19H15NO5S. The van der Waals surface area contributed by atoms with E-state index in [2.05, 4.69) is 0 Å². The van der Waals surface area contributed by atoms with Gasteiger partial charge in [0.2, 0.25) is 5.78 Å². The van der Waals surface area contributed by atoms with Crippen LogP contribution in [-0.2, 0) is 11.3 Å². The van der Waals surface area contributed by atoms with Gasteiger partial charge in [-0.05, 0) is 42.6 Å². The molecule has 6 nitrogen and oxygen atoms in total. The lowest BCUT2D eigenvalue weighted by Gasteiger charge is -2.23. The molecule has 1 N–H and O–H groups in total. The fourth-order valence-electron chi connectivity index (χ4n) is 3.06. The van der Waals surface area contributed by atoms with Crippen molar-refractivity contribution in [2.75, 3.05) is 0 Å². The standard InChI is InChI=1S/C19H15NO5S/c1-11-6-7-13(25-11)16-15(17(21)14-5-3-9-26-14)18(22)19(23)20(16)10-12-4-2-8-24-12/h2-9,16,22H,10H2,1H3. The van der Waals surface area contributed by atoms with Gasteiger partial charge in [0.25, 0.3) is 5.91 Å². The van der Waals surface area contributed by atoms with Crippen LogP contribution in [0.15, 0.2) is 68.2 Å². The summed E-state index contributed by atoms with van der Waals surface area (Å²) in [4.78, 5) is 27.5. The van der Waals surface area contributed by atoms with Gasteiger partial charge >= 0.3 is 0 Å². The number of carbonyl (C=O) groups is 2. The highest BCUT2D eigenvalue weighted by molar-refractivity contribution is 7.12. The summed E-state index contributed by atoms with van der Waals surface area (Å²) >= 11 is 1.26. The number of hydrogen-bond donors (Lipinski definition) is 1. The first-order valence-corrected chi connectivity index (χ1v) is 8.85. The first-order valence-electron chi connectivity index (χ1n) is 7.97. The Morgan fingerprint density at radius 2 is 2.12 bits per heavy atom. The van der Waals surface area contributed by atoms with Crippen molar-refractivity contribution in [3.8, 4) is 0 Å². The second kappa shape index (κ2) is 6.34. The number of nitrogens with zero attached hydrogens (tertiary/aromatic N) is 1. The van der Waals surface area contributed by atoms with Gasteiger partial charge in [-0.2, -0.15) is 0 Å². The number of rotatable bonds is 5. The predicted molar refractivity (Wildman–Crippen MR) is 93.7 cm³/mol. The fraction of sp³-hybridized carbons (Fsp3) is 0.158. The monoisotopic (exact) mass is 369 g/mol. The quantitative estimate of drug-likeness (QED) is 0.687. The van der Waals surface area contributed by atoms with Gasteiger partial charge in [-0.3, -0.25) is 9.59 Å². The zero-order valence-corrected chi connectivity index (χ0v) is 14.7. The Kier molecular flexibility index (Phi) is 4.00. The number of carbonyl (C=O) groups excluding carboxylic acids is 2. The average Bonchev–Trinajstić information content (AvgIpc) is 3.40. The van der Waals surface area contributed by atoms with Gasteiger partial charge in [0.1, 0.15) is 23.3 Å². The number of aryl methyl sites for hydroxylation is 1. The van der Waals surface area contributed by atoms with E-state index < -0.39 is 17.7 Å². The Bertz CT molecular complexity index is 981. The maximum absolute atomic E-state index is 13.0. The van der Waals surface area contributed by atoms with E-state index in [4.69, 9.17) is 8.83 Å². The third kappa shape index (κ3) is 2.66. The summed E-state index contributed by atoms with van der Waals surface area (Å²) in [5.41, 5.74) is 0.0263. The number of amides is 1. The van der Waals surface area contributed by atoms with E-state index in [-0.39, 0.29) is 17.9 Å². The molecule has 0 aliphatic carbocycles. The molecule has 1 aliphatic rings. The minimum Gasteiger partial charge on any atom is -0.503 e. The van der Waals surface area contributed by atoms with Gasteiger partial charge in [-0.25, -0.2) is 0 Å². The van der Waals surface area contributed by atoms with E-state index in [9.17, 15) is 14.7 Å². The Labute approximate surface area is 153 Å². The minimum absolute atomic E-state index is 0.0263. The molecule has 0 radical (unpaired) electrons. The van der Waals surface area contributed by atoms with Crippen LogP contribution in [0.2, 0.25) is 0 Å². The van der Waals surface area contributed by atoms with Gasteiger partial charge in [0.05, 0.1) is 23.3 Å². The Morgan fingerprint density at radius 3 is 2.73 bits per heavy atom. The highest BCUT2D eigenvalue weighted by Gasteiger charge is 2.45. The molecule has 0 saturated carbocycles. The van der Waals surface area contributed by atoms with Crippen molar-refractivity contribution in [2.45, 2.75) is 19.5 Å². The molecule has 7 heteroatoms. The molecule has 0 aromatic carbocycles. The second-order valence-corrected chi connectivity index (χ2v) is 6.88. The number of ketones is 1. The Balaban J connectivity index is 1.79. The number of Topliss-reactive ketones (excluding diaryl/α,β-unsaturated/α-hetero) is 1. The number of aliphatic hydroxyl groups excluding tert-OH is 1. The number of thiophene rings is 1. The topological polar surface area (TPSA) is 83.9 Å². The molecule has 1 atom stereocenters. The SMILES string of the molecule is Cc1ccc(C2C(C(=O)c3cccs3)=C(O)C(=O)N2Cc2ccco2)o1. The van der Waals surface area contributed by atoms with E-state index >= 15 is 0 Å². The lowest BCUT2D eigenvalue weighted by molar-refractivity contribution is -0.130. The smallest absolute Gasteiger partial charge is 0.290 e. The second-order valence-electron chi connectivity index (χ2n) is 5.93. The van der Waals surface area contributed by atoms with Crippen LogP contribution in [-0.4, -0.2) is 21.7 Å². The number of furan rings is 2. The maximum atomic E-state index is 13.0. The molecule has 1 unspecified atom stereocenters. The first-order chi connectivity index (χ1) is 12.6. The van der Waals surface area contributed by atoms with Crippen molar-refractivity contribution in [1.29, 1.82) is 0 Å². The van der Waals surface area contributed by atoms with Crippen LogP contribution in [0.3, 0.4) is 0 Å². The predicted octanol–water partition coefficient (Wildman–Crippen LogP) is 4.02. The maximum Gasteiger partial charge on any atom is 0.290 e. The summed E-state index contributed by atoms with van der Waals surface area (Å²) in [5.74, 6) is 0.0662. The summed E-state index contributed by atoms with van der Waals surface area (Å²) in [6.07, 6.45) is 1.51. The van der Waals surface area contributed by atoms with Crippen molar-refractivity contribution < 1.29 is 23.5 Å². The Morgan fingerprint density at radius 1 is 1.27 bits per heavy atom. The van der Waals surface area contributed by atoms with E-state index in [0.29, 0.717) is 22.2 Å². The van der Waals surface area contributed by atoms with Gasteiger partial charge in [-0.1, -0.05) is 6.07 Å². The van der Waals surface area contributed by atoms with Crippen molar-refractivity contribution in [1.82, 2.24) is 4.90 Å². The molecule has 1 aliphatic heterocycles. The van der Waals surface area contributed by atoms with Gasteiger partial charge < -0.3 is 18.8 Å². The first kappa shape index (κ1) is 16.4. The highest BCUT2D eigenvalue weighted by Crippen LogP contribution is 2.40. The molecule has 26 heavy (non-hydrogen) atoms. The minimum atomic E-state index is -0.809. The molecule has 1 amide bonds. The third-order valence-corrected chi connectivity index (χ3v) is 5.10. The normalized spacial score (nSPS) is 17.3. The summed E-state index contributed by atoms with van der Waals surface area (Å²) in [5, 5.41) is 12.2. The van der Waals surface area contributed by atoms with Crippen molar-refractivity contribution in [3.05, 3.63) is 81.5 Å². The van der Waals surface area contributed by atoms with Crippen LogP contribution in [0.4, 0.5) is 0 Å². The Hall–Kier alpha value is -3.06. The zero-order valence-electron chi connectivity index (χ0n) is 13.8. The molecule has 0 spiro atoms. The van der Waals surface area contributed by atoms with E-state index in [0.717, 1.165) is 0 Å². The lowest BCUT2D eigenvalue weighted by atomic mass is 10.00. The summed E-state index contributed by atoms with van der Waals surface area (Å²) in [6.45, 7) is 1.89. The van der Waals surface area contributed by atoms with Crippen LogP contribution < -0.4 is 0 Å². The van der Waals surface area contributed by atoms with Crippen LogP contribution in [0.1, 0.15) is 33.0 Å². The summed E-state index contributed by atoms with van der Waals surface area (Å²) < 4.78 is 11.0. The van der Waals surface area contributed by atoms with Gasteiger partial charge in [-0.15, -0.1) is 11.3 Å². The van der Waals surface area contributed by atoms with E-state index in [1.54, 1.807) is 48.7 Å². The molecule has 0 fully saturated rings. The molecule has 4 heterocycles. The van der Waals surface area contributed by atoms with Crippen LogP contribution >= 0.6 is 11.3 Å². The third-order valence-electron chi connectivity index (χ3n) is 4.23. The van der Waals surface area contributed by atoms with Gasteiger partial charge in [0.15, 0.2) is 5.76 Å². The molecule has 132 valence electrons. The molecule has 4 rings (SSSR count). The molecule has 3 aromatic heterocycles. The largest absolute Gasteiger partial charge is 0.503 e. The van der Waals surface area contributed by atoms with Crippen molar-refractivity contribution in [3.63, 3.8) is 0 Å². The summed E-state index contributed by atoms with van der Waals surface area (Å²) in [7, 11) is 0. The zero-order chi connectivity index (χ0) is 18.3. The van der Waals surface area contributed by atoms with E-state index in [1.807, 2.05) is 0 Å². The number of hydrogen-bond acceptors (Lipinski definition) is 6. The van der Waals surface area contributed by atoms with Crippen LogP contribution in [0.25, 0.3) is 0 Å². The van der Waals surface area contributed by atoms with Gasteiger partial charge in [0, 0.05) is 0 Å². The highest BCUT2D eigenvalue weighted by atomic mass is 32.1. The molecule has 3 aromatic rings. The van der Waals surface area contributed by atoms with Crippen molar-refractivity contribution in [2.24, 2.45) is 0 Å². The molecule has 0 saturated heterocycles. The fourth-order valence-corrected chi connectivity index (χ4v) is 3.73. The average molecular weight is 369 g/mol. The van der Waals surface area contributed by atoms with E-state index in [1.165, 1.54) is 22.5 Å². The summed E-state index contributed by atoms with van der Waals surface area (Å²) in [6, 6.07) is 9.52.